The van der Waals surface area contributed by atoms with E-state index >= 15 is 0 Å². The van der Waals surface area contributed by atoms with Crippen LogP contribution in [0.15, 0.2) is 59.5 Å². The third kappa shape index (κ3) is 3.20. The van der Waals surface area contributed by atoms with E-state index in [1.54, 1.807) is 0 Å². The van der Waals surface area contributed by atoms with Crippen LogP contribution >= 0.6 is 0 Å². The number of rotatable bonds is 3. The van der Waals surface area contributed by atoms with Crippen LogP contribution < -0.4 is 0 Å². The van der Waals surface area contributed by atoms with E-state index in [2.05, 4.69) is 75.1 Å². The smallest absolute Gasteiger partial charge is 0.136 e. The van der Waals surface area contributed by atoms with E-state index in [-0.39, 0.29) is 0 Å². The molecule has 3 aliphatic heterocycles. The lowest BCUT2D eigenvalue weighted by molar-refractivity contribution is 0.208. The van der Waals surface area contributed by atoms with Crippen LogP contribution in [-0.4, -0.2) is 51.2 Å². The maximum atomic E-state index is 4.92. The molecule has 5 heterocycles. The molecular formula is C23H27N5. The third-order valence-corrected chi connectivity index (χ3v) is 6.11. The molecule has 5 heteroatoms. The van der Waals surface area contributed by atoms with Crippen molar-refractivity contribution in [1.82, 2.24) is 19.2 Å². The van der Waals surface area contributed by atoms with Gasteiger partial charge in [-0.05, 0) is 75.2 Å². The molecule has 0 aromatic carbocycles. The quantitative estimate of drug-likeness (QED) is 0.819. The summed E-state index contributed by atoms with van der Waals surface area (Å²) in [5.41, 5.74) is 5.64. The second kappa shape index (κ2) is 7.06. The van der Waals surface area contributed by atoms with E-state index in [9.17, 15) is 0 Å². The van der Waals surface area contributed by atoms with Crippen LogP contribution in [0.2, 0.25) is 0 Å². The van der Waals surface area contributed by atoms with Gasteiger partial charge in [-0.1, -0.05) is 13.0 Å². The fourth-order valence-corrected chi connectivity index (χ4v) is 4.43. The van der Waals surface area contributed by atoms with Crippen molar-refractivity contribution in [3.63, 3.8) is 0 Å². The number of amidine groups is 1. The number of piperidine rings is 1. The number of hydrogen-bond acceptors (Lipinski definition) is 4. The van der Waals surface area contributed by atoms with Crippen LogP contribution in [0.4, 0.5) is 0 Å². The van der Waals surface area contributed by atoms with Crippen molar-refractivity contribution >= 4 is 17.2 Å². The van der Waals surface area contributed by atoms with Crippen molar-refractivity contribution in [2.24, 2.45) is 10.9 Å². The summed E-state index contributed by atoms with van der Waals surface area (Å²) < 4.78 is 2.08. The standard InChI is InChI=1S/C23H27N5/c1-3-26-11-8-18(9-12-26)19-4-6-23-25-21(10-13-27(23)15-19)20-5-7-22-24-17(2)14-28(22)16-20/h4-7,10,14-16,18H,3,8-9,11-13H2,1-2H3. The maximum absolute atomic E-state index is 4.92. The number of nitrogens with zero attached hydrogens (tertiary/aromatic N) is 5. The van der Waals surface area contributed by atoms with Crippen LogP contribution in [-0.2, 0) is 0 Å². The highest BCUT2D eigenvalue weighted by atomic mass is 15.2. The lowest BCUT2D eigenvalue weighted by Gasteiger charge is -2.34. The van der Waals surface area contributed by atoms with Crippen LogP contribution in [0.5, 0.6) is 0 Å². The highest BCUT2D eigenvalue weighted by Gasteiger charge is 2.24. The number of aliphatic imine (C=N–C) groups is 1. The van der Waals surface area contributed by atoms with Crippen molar-refractivity contribution < 1.29 is 0 Å². The Balaban J connectivity index is 1.34. The molecule has 144 valence electrons. The zero-order valence-corrected chi connectivity index (χ0v) is 16.7. The molecule has 28 heavy (non-hydrogen) atoms. The Hall–Kier alpha value is -2.66. The fraction of sp³-hybridized carbons (Fsp3) is 0.391. The van der Waals surface area contributed by atoms with Gasteiger partial charge in [-0.15, -0.1) is 0 Å². The summed E-state index contributed by atoms with van der Waals surface area (Å²) in [5, 5.41) is 0. The second-order valence-corrected chi connectivity index (χ2v) is 7.95. The van der Waals surface area contributed by atoms with Gasteiger partial charge in [0.25, 0.3) is 0 Å². The van der Waals surface area contributed by atoms with E-state index in [4.69, 9.17) is 4.99 Å². The highest BCUT2D eigenvalue weighted by molar-refractivity contribution is 6.00. The summed E-state index contributed by atoms with van der Waals surface area (Å²) in [5.74, 6) is 1.71. The van der Waals surface area contributed by atoms with E-state index in [1.807, 2.05) is 6.92 Å². The zero-order chi connectivity index (χ0) is 19.1. The number of aryl methyl sites for hydroxylation is 1. The average molecular weight is 374 g/mol. The number of fused-ring (bicyclic) bond motifs is 2. The predicted octanol–water partition coefficient (Wildman–Crippen LogP) is 3.88. The molecule has 0 radical (unpaired) electrons. The van der Waals surface area contributed by atoms with Crippen LogP contribution in [0.3, 0.4) is 0 Å². The molecular weight excluding hydrogens is 346 g/mol. The first-order valence-corrected chi connectivity index (χ1v) is 10.3. The average Bonchev–Trinajstić information content (AvgIpc) is 3.12. The molecule has 1 saturated heterocycles. The van der Waals surface area contributed by atoms with Crippen LogP contribution in [0.25, 0.3) is 11.3 Å². The Labute approximate surface area is 166 Å². The number of allylic oxidation sites excluding steroid dienone is 2. The summed E-state index contributed by atoms with van der Waals surface area (Å²) in [6.45, 7) is 8.75. The largest absolute Gasteiger partial charge is 0.329 e. The summed E-state index contributed by atoms with van der Waals surface area (Å²) in [6, 6.07) is 4.18. The van der Waals surface area contributed by atoms with Gasteiger partial charge >= 0.3 is 0 Å². The molecule has 0 atom stereocenters. The van der Waals surface area contributed by atoms with Gasteiger partial charge in [-0.2, -0.15) is 0 Å². The van der Waals surface area contributed by atoms with Crippen molar-refractivity contribution in [1.29, 1.82) is 0 Å². The molecule has 0 N–H and O–H groups in total. The predicted molar refractivity (Wildman–Crippen MR) is 114 cm³/mol. The first-order valence-electron chi connectivity index (χ1n) is 10.3. The molecule has 3 aliphatic rings. The monoisotopic (exact) mass is 373 g/mol. The third-order valence-electron chi connectivity index (χ3n) is 6.11. The Bertz CT molecular complexity index is 1010. The molecule has 1 fully saturated rings. The molecule has 5 rings (SSSR count). The second-order valence-electron chi connectivity index (χ2n) is 7.95. The van der Waals surface area contributed by atoms with E-state index in [0.29, 0.717) is 5.92 Å². The van der Waals surface area contributed by atoms with Gasteiger partial charge in [-0.25, -0.2) is 9.98 Å². The first kappa shape index (κ1) is 17.4. The summed E-state index contributed by atoms with van der Waals surface area (Å²) >= 11 is 0. The molecule has 5 nitrogen and oxygen atoms in total. The lowest BCUT2D eigenvalue weighted by Crippen LogP contribution is -2.35. The normalized spacial score (nSPS) is 20.8. The van der Waals surface area contributed by atoms with Crippen molar-refractivity contribution in [3.8, 4) is 0 Å². The highest BCUT2D eigenvalue weighted by Crippen LogP contribution is 2.30. The number of likely N-dealkylation sites (tertiary alicyclic amines) is 1. The Morgan fingerprint density at radius 2 is 1.96 bits per heavy atom. The number of imidazole rings is 1. The topological polar surface area (TPSA) is 36.1 Å². The number of aromatic nitrogens is 2. The van der Waals surface area contributed by atoms with E-state index < -0.39 is 0 Å². The Morgan fingerprint density at radius 3 is 2.79 bits per heavy atom. The first-order chi connectivity index (χ1) is 13.7. The summed E-state index contributed by atoms with van der Waals surface area (Å²) in [6.07, 6.45) is 15.7. The van der Waals surface area contributed by atoms with Crippen molar-refractivity contribution in [2.45, 2.75) is 26.7 Å². The summed E-state index contributed by atoms with van der Waals surface area (Å²) in [7, 11) is 0. The van der Waals surface area contributed by atoms with Gasteiger partial charge in [0.15, 0.2) is 0 Å². The number of pyridine rings is 1. The minimum Gasteiger partial charge on any atom is -0.329 e. The number of hydrogen-bond donors (Lipinski definition) is 0. The van der Waals surface area contributed by atoms with Gasteiger partial charge in [0, 0.05) is 30.7 Å². The molecule has 2 aromatic rings. The molecule has 0 unspecified atom stereocenters. The zero-order valence-electron chi connectivity index (χ0n) is 16.7. The van der Waals surface area contributed by atoms with E-state index in [1.165, 1.54) is 38.0 Å². The van der Waals surface area contributed by atoms with Crippen molar-refractivity contribution in [3.05, 3.63) is 65.8 Å². The van der Waals surface area contributed by atoms with Crippen LogP contribution in [0, 0.1) is 12.8 Å². The SMILES string of the molecule is CCN1CCC(C2=CN3CC=C(c4ccc5nc(C)cn5c4)N=C3C=C2)CC1. The van der Waals surface area contributed by atoms with Gasteiger partial charge in [-0.3, -0.25) is 0 Å². The van der Waals surface area contributed by atoms with Crippen LogP contribution in [0.1, 0.15) is 31.0 Å². The molecule has 0 bridgehead atoms. The Kier molecular flexibility index (Phi) is 4.40. The minimum absolute atomic E-state index is 0.679. The molecule has 0 spiro atoms. The molecule has 0 aliphatic carbocycles. The Morgan fingerprint density at radius 1 is 1.11 bits per heavy atom. The van der Waals surface area contributed by atoms with E-state index in [0.717, 1.165) is 35.0 Å². The molecule has 0 amide bonds. The van der Waals surface area contributed by atoms with Gasteiger partial charge in [0.2, 0.25) is 0 Å². The fourth-order valence-electron chi connectivity index (χ4n) is 4.43. The molecule has 0 saturated carbocycles. The minimum atomic E-state index is 0.679. The summed E-state index contributed by atoms with van der Waals surface area (Å²) in [4.78, 5) is 14.3. The molecule has 2 aromatic heterocycles. The maximum Gasteiger partial charge on any atom is 0.136 e. The van der Waals surface area contributed by atoms with Gasteiger partial charge in [0.1, 0.15) is 11.5 Å². The van der Waals surface area contributed by atoms with Gasteiger partial charge < -0.3 is 14.2 Å². The van der Waals surface area contributed by atoms with Crippen molar-refractivity contribution in [2.75, 3.05) is 26.2 Å². The van der Waals surface area contributed by atoms with Gasteiger partial charge in [0.05, 0.1) is 11.4 Å². The lowest BCUT2D eigenvalue weighted by atomic mass is 9.88.